The largest absolute Gasteiger partial charge is 0.333 e. The molecule has 1 aliphatic rings. The fourth-order valence-electron chi connectivity index (χ4n) is 2.47. The number of fused-ring (bicyclic) bond motifs is 1. The van der Waals surface area contributed by atoms with Crippen LogP contribution in [0, 0.1) is 5.92 Å². The quantitative estimate of drug-likeness (QED) is 0.782. The summed E-state index contributed by atoms with van der Waals surface area (Å²) in [7, 11) is -4.16. The molecule has 0 aliphatic carbocycles. The van der Waals surface area contributed by atoms with E-state index in [9.17, 15) is 18.0 Å². The van der Waals surface area contributed by atoms with Gasteiger partial charge in [-0.25, -0.2) is 5.14 Å². The van der Waals surface area contributed by atoms with Crippen LogP contribution in [0.4, 0.5) is 0 Å². The number of nitrogens with two attached hydrogens (primary N) is 1. The van der Waals surface area contributed by atoms with Crippen molar-refractivity contribution in [2.24, 2.45) is 11.1 Å². The standard InChI is InChI=1S/C14H18N2O5S/c1-9(2)7-10(21-22(15,19)20)8-16-13(17)11-5-3-4-6-12(11)14(16)18/h3-6,9-10H,7-8H2,1-2H3,(H2,15,19,20). The molecule has 1 atom stereocenters. The summed E-state index contributed by atoms with van der Waals surface area (Å²) >= 11 is 0. The summed E-state index contributed by atoms with van der Waals surface area (Å²) in [5, 5.41) is 4.90. The van der Waals surface area contributed by atoms with E-state index < -0.39 is 28.2 Å². The number of nitrogens with zero attached hydrogens (tertiary/aromatic N) is 1. The second-order valence-corrected chi connectivity index (χ2v) is 6.79. The summed E-state index contributed by atoms with van der Waals surface area (Å²) in [6, 6.07) is 6.46. The molecule has 0 fully saturated rings. The van der Waals surface area contributed by atoms with E-state index in [1.165, 1.54) is 0 Å². The summed E-state index contributed by atoms with van der Waals surface area (Å²) in [6.07, 6.45) is -0.513. The van der Waals surface area contributed by atoms with Crippen LogP contribution in [0.15, 0.2) is 24.3 Å². The molecule has 1 aliphatic heterocycles. The Bertz CT molecular complexity index is 664. The molecule has 0 bridgehead atoms. The van der Waals surface area contributed by atoms with Gasteiger partial charge in [-0.2, -0.15) is 8.42 Å². The molecule has 1 aromatic carbocycles. The van der Waals surface area contributed by atoms with Gasteiger partial charge in [0.1, 0.15) is 0 Å². The maximum atomic E-state index is 12.3. The van der Waals surface area contributed by atoms with Gasteiger partial charge in [0.05, 0.1) is 23.8 Å². The average Bonchev–Trinajstić information content (AvgIpc) is 2.62. The van der Waals surface area contributed by atoms with E-state index in [0.717, 1.165) is 4.90 Å². The highest BCUT2D eigenvalue weighted by molar-refractivity contribution is 7.84. The van der Waals surface area contributed by atoms with Gasteiger partial charge in [0.15, 0.2) is 0 Å². The van der Waals surface area contributed by atoms with Gasteiger partial charge in [-0.1, -0.05) is 26.0 Å². The van der Waals surface area contributed by atoms with Crippen LogP contribution in [0.25, 0.3) is 0 Å². The molecular weight excluding hydrogens is 308 g/mol. The Morgan fingerprint density at radius 1 is 1.14 bits per heavy atom. The highest BCUT2D eigenvalue weighted by Gasteiger charge is 2.37. The highest BCUT2D eigenvalue weighted by atomic mass is 32.2. The summed E-state index contributed by atoms with van der Waals surface area (Å²) in [4.78, 5) is 25.5. The second kappa shape index (κ2) is 6.15. The Kier molecular flexibility index (Phi) is 4.64. The van der Waals surface area contributed by atoms with Crippen LogP contribution >= 0.6 is 0 Å². The number of carbonyl (C=O) groups excluding carboxylic acids is 2. The van der Waals surface area contributed by atoms with Crippen molar-refractivity contribution in [2.75, 3.05) is 6.54 Å². The number of hydrogen-bond donors (Lipinski definition) is 1. The monoisotopic (exact) mass is 326 g/mol. The van der Waals surface area contributed by atoms with Crippen LogP contribution < -0.4 is 5.14 Å². The first kappa shape index (κ1) is 16.6. The first-order valence-electron chi connectivity index (χ1n) is 6.85. The van der Waals surface area contributed by atoms with Crippen molar-refractivity contribution in [2.45, 2.75) is 26.4 Å². The van der Waals surface area contributed by atoms with Crippen LogP contribution in [0.1, 0.15) is 41.0 Å². The second-order valence-electron chi connectivity index (χ2n) is 5.61. The molecule has 2 N–H and O–H groups in total. The topological polar surface area (TPSA) is 107 Å². The van der Waals surface area contributed by atoms with E-state index in [-0.39, 0.29) is 12.5 Å². The van der Waals surface area contributed by atoms with Crippen molar-refractivity contribution in [3.63, 3.8) is 0 Å². The molecule has 1 aromatic rings. The van der Waals surface area contributed by atoms with E-state index in [0.29, 0.717) is 17.5 Å². The van der Waals surface area contributed by atoms with E-state index in [4.69, 9.17) is 9.32 Å². The van der Waals surface area contributed by atoms with E-state index >= 15 is 0 Å². The van der Waals surface area contributed by atoms with Gasteiger partial charge in [-0.3, -0.25) is 18.7 Å². The normalized spacial score (nSPS) is 16.3. The lowest BCUT2D eigenvalue weighted by molar-refractivity contribution is 0.0556. The lowest BCUT2D eigenvalue weighted by atomic mass is 10.1. The van der Waals surface area contributed by atoms with Gasteiger partial charge in [0, 0.05) is 0 Å². The molecule has 0 aromatic heterocycles. The molecule has 0 radical (unpaired) electrons. The summed E-state index contributed by atoms with van der Waals surface area (Å²) < 4.78 is 27.1. The lowest BCUT2D eigenvalue weighted by Gasteiger charge is -2.23. The number of hydrogen-bond acceptors (Lipinski definition) is 5. The predicted molar refractivity (Wildman–Crippen MR) is 79.2 cm³/mol. The van der Waals surface area contributed by atoms with Gasteiger partial charge in [-0.05, 0) is 24.5 Å². The van der Waals surface area contributed by atoms with Gasteiger partial charge in [0.25, 0.3) is 11.8 Å². The number of imide groups is 1. The molecule has 2 rings (SSSR count). The SMILES string of the molecule is CC(C)CC(CN1C(=O)c2ccccc2C1=O)OS(N)(=O)=O. The molecular formula is C14H18N2O5S. The molecule has 0 saturated carbocycles. The van der Waals surface area contributed by atoms with E-state index in [1.54, 1.807) is 24.3 Å². The molecule has 1 heterocycles. The predicted octanol–water partition coefficient (Wildman–Crippen LogP) is 0.917. The molecule has 0 spiro atoms. The third kappa shape index (κ3) is 3.70. The maximum absolute atomic E-state index is 12.3. The van der Waals surface area contributed by atoms with Crippen molar-refractivity contribution in [3.8, 4) is 0 Å². The molecule has 22 heavy (non-hydrogen) atoms. The zero-order valence-corrected chi connectivity index (χ0v) is 13.2. The fraction of sp³-hybridized carbons (Fsp3) is 0.429. The summed E-state index contributed by atoms with van der Waals surface area (Å²) in [5.41, 5.74) is 0.623. The maximum Gasteiger partial charge on any atom is 0.333 e. The van der Waals surface area contributed by atoms with Gasteiger partial charge >= 0.3 is 10.3 Å². The molecule has 2 amide bonds. The first-order chi connectivity index (χ1) is 10.2. The van der Waals surface area contributed by atoms with Gasteiger partial charge in [0.2, 0.25) is 0 Å². The minimum absolute atomic E-state index is 0.113. The minimum Gasteiger partial charge on any atom is -0.272 e. The van der Waals surface area contributed by atoms with Gasteiger partial charge < -0.3 is 0 Å². The zero-order valence-electron chi connectivity index (χ0n) is 12.4. The summed E-state index contributed by atoms with van der Waals surface area (Å²) in [5.74, 6) is -0.790. The highest BCUT2D eigenvalue weighted by Crippen LogP contribution is 2.24. The van der Waals surface area contributed by atoms with Crippen molar-refractivity contribution >= 4 is 22.1 Å². The molecule has 8 heteroatoms. The van der Waals surface area contributed by atoms with Crippen molar-refractivity contribution in [3.05, 3.63) is 35.4 Å². The molecule has 0 saturated heterocycles. The number of amides is 2. The van der Waals surface area contributed by atoms with Crippen LogP contribution in [-0.4, -0.2) is 37.8 Å². The van der Waals surface area contributed by atoms with Crippen LogP contribution in [0.2, 0.25) is 0 Å². The third-order valence-corrected chi connectivity index (χ3v) is 3.81. The number of rotatable bonds is 6. The Labute approximate surface area is 129 Å². The zero-order chi connectivity index (χ0) is 16.5. The molecule has 1 unspecified atom stereocenters. The molecule has 7 nitrogen and oxygen atoms in total. The van der Waals surface area contributed by atoms with Crippen molar-refractivity contribution < 1.29 is 22.2 Å². The Hall–Kier alpha value is -1.77. The van der Waals surface area contributed by atoms with Crippen LogP contribution in [0.3, 0.4) is 0 Å². The van der Waals surface area contributed by atoms with Crippen LogP contribution in [-0.2, 0) is 14.5 Å². The third-order valence-electron chi connectivity index (χ3n) is 3.27. The van der Waals surface area contributed by atoms with Gasteiger partial charge in [-0.15, -0.1) is 0 Å². The van der Waals surface area contributed by atoms with E-state index in [2.05, 4.69) is 0 Å². The summed E-state index contributed by atoms with van der Waals surface area (Å²) in [6.45, 7) is 3.60. The number of carbonyl (C=O) groups is 2. The first-order valence-corrected chi connectivity index (χ1v) is 8.32. The van der Waals surface area contributed by atoms with E-state index in [1.807, 2.05) is 13.8 Å². The Balaban J connectivity index is 2.21. The fourth-order valence-corrected chi connectivity index (χ4v) is 2.99. The minimum atomic E-state index is -4.16. The average molecular weight is 326 g/mol. The Morgan fingerprint density at radius 3 is 2.05 bits per heavy atom. The Morgan fingerprint density at radius 2 is 1.64 bits per heavy atom. The van der Waals surface area contributed by atoms with Crippen molar-refractivity contribution in [1.29, 1.82) is 0 Å². The van der Waals surface area contributed by atoms with Crippen molar-refractivity contribution in [1.82, 2.24) is 4.90 Å². The smallest absolute Gasteiger partial charge is 0.272 e. The lowest BCUT2D eigenvalue weighted by Crippen LogP contribution is -2.40. The molecule has 120 valence electrons. The number of benzene rings is 1. The van der Waals surface area contributed by atoms with Crippen LogP contribution in [0.5, 0.6) is 0 Å².